The first-order valence-electron chi connectivity index (χ1n) is 34.1. The zero-order valence-corrected chi connectivity index (χ0v) is 66.8. The summed E-state index contributed by atoms with van der Waals surface area (Å²) in [5, 5.41) is 22.5. The van der Waals surface area contributed by atoms with Crippen LogP contribution in [0.3, 0.4) is 0 Å². The number of hydrogen-bond acceptors (Lipinski definition) is 26. The Bertz CT molecular complexity index is 3090. The molecule has 0 aliphatic rings. The van der Waals surface area contributed by atoms with E-state index >= 15 is 0 Å². The predicted molar refractivity (Wildman–Crippen MR) is 427 cm³/mol. The van der Waals surface area contributed by atoms with E-state index in [1.807, 2.05) is 84.3 Å². The molecule has 4 atom stereocenters. The van der Waals surface area contributed by atoms with Crippen LogP contribution in [0.25, 0.3) is 0 Å². The summed E-state index contributed by atoms with van der Waals surface area (Å²) in [5.41, 5.74) is 8.05. The number of unbranched alkanes of at least 4 members (excludes halogenated alkanes) is 12. The fourth-order valence-corrected chi connectivity index (χ4v) is 7.33. The van der Waals surface area contributed by atoms with Gasteiger partial charge in [-0.1, -0.05) is 163 Å². The van der Waals surface area contributed by atoms with Crippen LogP contribution in [0.1, 0.15) is 243 Å². The van der Waals surface area contributed by atoms with Gasteiger partial charge in [0, 0.05) is 33.4 Å². The highest BCUT2D eigenvalue weighted by molar-refractivity contribution is 7.45. The minimum Gasteiger partial charge on any atom is -0.396 e. The highest BCUT2D eigenvalue weighted by Crippen LogP contribution is 2.10. The molecule has 0 bridgehead atoms. The molecule has 104 heavy (non-hydrogen) atoms. The van der Waals surface area contributed by atoms with E-state index in [0.29, 0.717) is 109 Å². The Kier molecular flexibility index (Phi) is 73.5. The second-order valence-corrected chi connectivity index (χ2v) is 23.5. The molecule has 0 saturated heterocycles. The number of oxime groups is 6. The maximum atomic E-state index is 10.9. The summed E-state index contributed by atoms with van der Waals surface area (Å²) in [5.74, 6) is 9.75. The molecule has 0 aliphatic carbocycles. The first-order valence-corrected chi connectivity index (χ1v) is 36.4. The Morgan fingerprint density at radius 2 is 0.510 bits per heavy atom. The molecule has 0 heterocycles. The fraction of sp³-hybridized carbons (Fsp3) is 0.459. The van der Waals surface area contributed by atoms with Gasteiger partial charge in [0.1, 0.15) is 100 Å². The van der Waals surface area contributed by atoms with E-state index in [-0.39, 0.29) is 22.1 Å². The lowest BCUT2D eigenvalue weighted by atomic mass is 10.1. The van der Waals surface area contributed by atoms with Gasteiger partial charge in [0.25, 0.3) is 0 Å². The van der Waals surface area contributed by atoms with Crippen LogP contribution in [0.5, 0.6) is 0 Å². The van der Waals surface area contributed by atoms with Crippen LogP contribution in [0, 0.1) is 13.8 Å². The second-order valence-electron chi connectivity index (χ2n) is 21.4. The van der Waals surface area contributed by atoms with Crippen molar-refractivity contribution in [1.82, 2.24) is 0 Å². The van der Waals surface area contributed by atoms with Crippen LogP contribution in [-0.4, -0.2) is 148 Å². The van der Waals surface area contributed by atoms with Gasteiger partial charge in [-0.15, -0.1) is 0 Å². The van der Waals surface area contributed by atoms with Crippen LogP contribution < -0.4 is 11.8 Å². The average Bonchev–Trinajstić information content (AvgIpc) is 0.894. The predicted octanol–water partition coefficient (Wildman–Crippen LogP) is 14.2. The highest BCUT2D eigenvalue weighted by Gasteiger charge is 2.03. The largest absolute Gasteiger partial charge is 0.396 e. The summed E-state index contributed by atoms with van der Waals surface area (Å²) >= 11 is 0. The van der Waals surface area contributed by atoms with Crippen molar-refractivity contribution < 1.29 is 86.6 Å². The number of benzene rings is 4. The molecule has 4 aromatic carbocycles. The van der Waals surface area contributed by atoms with Crippen molar-refractivity contribution in [2.45, 2.75) is 172 Å². The molecule has 0 radical (unpaired) electrons. The third kappa shape index (κ3) is 64.8. The van der Waals surface area contributed by atoms with Crippen LogP contribution in [0.2, 0.25) is 0 Å². The van der Waals surface area contributed by atoms with E-state index in [4.69, 9.17) is 40.8 Å². The minimum absolute atomic E-state index is 0.143. The number of nitrogens with zero attached hydrogens (tertiary/aromatic N) is 6. The summed E-state index contributed by atoms with van der Waals surface area (Å²) in [6, 6.07) is 24.1. The van der Waals surface area contributed by atoms with Crippen molar-refractivity contribution >= 4 is 132 Å². The average molecular weight is 1530 g/mol. The molecule has 4 aromatic rings. The van der Waals surface area contributed by atoms with E-state index in [0.717, 1.165) is 163 Å². The van der Waals surface area contributed by atoms with Gasteiger partial charge < -0.3 is 38.7 Å². The van der Waals surface area contributed by atoms with Crippen molar-refractivity contribution in [1.29, 1.82) is 0 Å². The Labute approximate surface area is 623 Å². The van der Waals surface area contributed by atoms with E-state index in [1.165, 1.54) is 0 Å². The Morgan fingerprint density at radius 1 is 0.308 bits per heavy atom. The number of rotatable bonds is 46. The van der Waals surface area contributed by atoms with Crippen LogP contribution in [0.4, 0.5) is 0 Å². The topological polar surface area (TPSA) is 371 Å². The number of aldehydes is 6. The smallest absolute Gasteiger partial charge is 0.195 e. The molecule has 0 amide bonds. The third-order valence-corrected chi connectivity index (χ3v) is 14.3. The molecule has 0 spiro atoms. The lowest BCUT2D eigenvalue weighted by Gasteiger charge is -2.02. The van der Waals surface area contributed by atoms with Crippen LogP contribution in [0.15, 0.2) is 116 Å². The molecule has 0 aromatic heterocycles. The van der Waals surface area contributed by atoms with Crippen molar-refractivity contribution in [3.05, 3.63) is 141 Å². The number of aryl methyl sites for hydroxylation is 2. The summed E-state index contributed by atoms with van der Waals surface area (Å²) in [6.07, 6.45) is 23.4. The third-order valence-electron chi connectivity index (χ3n) is 12.7. The zero-order valence-electron chi connectivity index (χ0n) is 62.2. The van der Waals surface area contributed by atoms with Crippen molar-refractivity contribution in [3.63, 3.8) is 0 Å². The lowest BCUT2D eigenvalue weighted by molar-refractivity contribution is -0.106. The molecule has 0 aliphatic heterocycles. The molecule has 26 nitrogen and oxygen atoms in total. The zero-order chi connectivity index (χ0) is 78.8. The van der Waals surface area contributed by atoms with Gasteiger partial charge in [-0.05, 0) is 184 Å². The maximum Gasteiger partial charge on any atom is 0.195 e. The molecular weight excluding hydrogens is 1410 g/mol. The number of carbonyl (C=O) groups excluding carboxylic acids is 10. The second kappa shape index (κ2) is 74.7. The van der Waals surface area contributed by atoms with Gasteiger partial charge in [0.15, 0.2) is 22.1 Å². The van der Waals surface area contributed by atoms with E-state index < -0.39 is 0 Å². The number of carbonyl (C=O) groups is 10. The van der Waals surface area contributed by atoms with Gasteiger partial charge in [0.05, 0.1) is 25.6 Å². The summed E-state index contributed by atoms with van der Waals surface area (Å²) in [6.45, 7) is 22.6. The van der Waals surface area contributed by atoms with Gasteiger partial charge in [0.2, 0.25) is 0 Å². The minimum atomic E-state index is -0.161. The molecule has 4 unspecified atom stereocenters. The SMILES string of the molecule is C/C(=N/OCCCCCCO/N=C\c1cc(C)cc(C=O)c1)C(=O)P.C/C(=N/OCCCCCCO/N=C\c1ccc(C=O)cc1)C(=O)P.C/C(=N/OCCCCCCON)C(=O)P.C/C(=N/OCCCCCCON)C(=O)P.CC.CC.Cc1cc(C=O)cc(C=O)c1.O=Cc1ccc(C=O)cc1. The quantitative estimate of drug-likeness (QED) is 0.0136. The normalized spacial score (nSPS) is 10.7. The first kappa shape index (κ1) is 102. The molecule has 4 rings (SSSR count). The highest BCUT2D eigenvalue weighted by atomic mass is 31.0. The van der Waals surface area contributed by atoms with Crippen molar-refractivity contribution in [3.8, 4) is 0 Å². The summed E-state index contributed by atoms with van der Waals surface area (Å²) < 4.78 is 0. The Balaban J connectivity index is -0.000000588. The van der Waals surface area contributed by atoms with Gasteiger partial charge in [-0.2, -0.15) is 0 Å². The van der Waals surface area contributed by atoms with Crippen molar-refractivity contribution in [2.24, 2.45) is 42.7 Å². The Morgan fingerprint density at radius 3 is 0.740 bits per heavy atom. The van der Waals surface area contributed by atoms with Crippen LogP contribution >= 0.6 is 37.0 Å². The molecule has 4 N–H and O–H groups in total. The van der Waals surface area contributed by atoms with Crippen molar-refractivity contribution in [2.75, 3.05) is 52.9 Å². The number of nitrogens with two attached hydrogens (primary N) is 2. The number of hydrogen-bond donors (Lipinski definition) is 2. The monoisotopic (exact) mass is 1520 g/mol. The molecule has 0 fully saturated rings. The molecule has 30 heteroatoms. The standard InChI is InChI=1S/C18H25N2O4P.C17H23N2O4P.2C9H19N2O3P.C9H8O2.C8H6O2.2C2H6/c1-14-9-16(11-17(10-14)13-21)12-19-23-7-5-3-4-6-8-24-20-15(2)18(22)25;1-14(17(21)24)19-23-11-5-3-2-4-10-22-18-12-15-6-8-16(13-20)9-7-15;2*1-8(9(12)15)11-14-7-5-3-2-4-6-13-10;1-7-2-8(5-10)4-9(3-7)6-11;9-5-7-1-2-8(6-10)4-3-7;2*1-2/h9-13H,3-8,25H2,1-2H3;6-9,12-13H,2-5,10-11,24H2,1H3;2*2-7,10,15H2,1H3;2-6H,1H3;1-6H;2*1-2H3/b19-12-,20-15-;18-12-,19-14-;2*11-8-;;;;. The molecule has 576 valence electrons. The van der Waals surface area contributed by atoms with E-state index in [1.54, 1.807) is 101 Å². The summed E-state index contributed by atoms with van der Waals surface area (Å²) in [7, 11) is 8.21. The lowest BCUT2D eigenvalue weighted by Crippen LogP contribution is -2.02. The first-order chi connectivity index (χ1) is 50.1. The maximum absolute atomic E-state index is 10.9. The van der Waals surface area contributed by atoms with Gasteiger partial charge >= 0.3 is 0 Å². The summed E-state index contributed by atoms with van der Waals surface area (Å²) in [4.78, 5) is 145. The van der Waals surface area contributed by atoms with Crippen LogP contribution in [-0.2, 0) is 57.9 Å². The van der Waals surface area contributed by atoms with Gasteiger partial charge in [-0.25, -0.2) is 11.8 Å². The van der Waals surface area contributed by atoms with Gasteiger partial charge in [-0.3, -0.25) is 47.9 Å². The molecule has 0 saturated carbocycles. The fourth-order valence-electron chi connectivity index (χ4n) is 7.12. The van der Waals surface area contributed by atoms with E-state index in [9.17, 15) is 47.9 Å². The van der Waals surface area contributed by atoms with E-state index in [2.05, 4.69) is 59.1 Å². The Hall–Kier alpha value is -8.04. The molecular formula is C74H112N8O18P4.